The number of rotatable bonds is 4. The molecule has 0 radical (unpaired) electrons. The first-order valence-corrected chi connectivity index (χ1v) is 4.53. The van der Waals surface area contributed by atoms with E-state index in [1.807, 2.05) is 0 Å². The molecule has 0 fully saturated rings. The highest BCUT2D eigenvalue weighted by molar-refractivity contribution is 5.34. The lowest BCUT2D eigenvalue weighted by atomic mass is 10.3. The Hall–Kier alpha value is -1.69. The van der Waals surface area contributed by atoms with Gasteiger partial charge in [-0.1, -0.05) is 0 Å². The van der Waals surface area contributed by atoms with Gasteiger partial charge >= 0.3 is 0 Å². The van der Waals surface area contributed by atoms with Crippen LogP contribution < -0.4 is 5.56 Å². The molecule has 0 aromatic carbocycles. The van der Waals surface area contributed by atoms with E-state index in [9.17, 15) is 14.9 Å². The second-order valence-corrected chi connectivity index (χ2v) is 3.13. The number of pyridine rings is 1. The smallest absolute Gasteiger partial charge is 0.288 e. The number of nitro groups is 1. The van der Waals surface area contributed by atoms with Crippen molar-refractivity contribution in [2.45, 2.75) is 19.9 Å². The Labute approximate surface area is 85.9 Å². The fraction of sp³-hybridized carbons (Fsp3) is 0.444. The number of aromatic nitrogens is 1. The Morgan fingerprint density at radius 1 is 1.53 bits per heavy atom. The standard InChI is InChI=1S/C9H12N2O4/c1-7-8(11(14)15)3-4-9(13)10(7)5-2-6-12/h3-4,12H,2,5-6H2,1H3. The third-order valence-corrected chi connectivity index (χ3v) is 2.16. The molecular formula is C9H12N2O4. The van der Waals surface area contributed by atoms with Gasteiger partial charge in [0, 0.05) is 25.3 Å². The third-order valence-electron chi connectivity index (χ3n) is 2.16. The van der Waals surface area contributed by atoms with Crippen molar-refractivity contribution in [3.63, 3.8) is 0 Å². The summed E-state index contributed by atoms with van der Waals surface area (Å²) in [5.41, 5.74) is -0.0416. The first-order valence-electron chi connectivity index (χ1n) is 4.53. The van der Waals surface area contributed by atoms with Crippen LogP contribution in [0.2, 0.25) is 0 Å². The largest absolute Gasteiger partial charge is 0.396 e. The van der Waals surface area contributed by atoms with Gasteiger partial charge in [-0.05, 0) is 13.3 Å². The Balaban J connectivity index is 3.18. The van der Waals surface area contributed by atoms with Crippen LogP contribution in [0.3, 0.4) is 0 Å². The lowest BCUT2D eigenvalue weighted by Gasteiger charge is -2.08. The van der Waals surface area contributed by atoms with Crippen LogP contribution in [0, 0.1) is 17.0 Å². The molecule has 1 aromatic heterocycles. The zero-order chi connectivity index (χ0) is 11.4. The summed E-state index contributed by atoms with van der Waals surface area (Å²) < 4.78 is 1.30. The maximum absolute atomic E-state index is 11.4. The van der Waals surface area contributed by atoms with Gasteiger partial charge in [-0.3, -0.25) is 14.9 Å². The van der Waals surface area contributed by atoms with Crippen LogP contribution in [-0.2, 0) is 6.54 Å². The van der Waals surface area contributed by atoms with Gasteiger partial charge < -0.3 is 9.67 Å². The molecule has 1 N–H and O–H groups in total. The normalized spacial score (nSPS) is 10.3. The summed E-state index contributed by atoms with van der Waals surface area (Å²) in [4.78, 5) is 21.5. The van der Waals surface area contributed by atoms with Crippen molar-refractivity contribution in [1.82, 2.24) is 4.57 Å². The second kappa shape index (κ2) is 4.70. The Morgan fingerprint density at radius 2 is 2.20 bits per heavy atom. The molecule has 0 unspecified atom stereocenters. The molecule has 15 heavy (non-hydrogen) atoms. The van der Waals surface area contributed by atoms with Crippen LogP contribution in [0.15, 0.2) is 16.9 Å². The summed E-state index contributed by atoms with van der Waals surface area (Å²) in [7, 11) is 0. The molecule has 0 atom stereocenters. The van der Waals surface area contributed by atoms with Gasteiger partial charge in [-0.15, -0.1) is 0 Å². The van der Waals surface area contributed by atoms with E-state index in [1.165, 1.54) is 23.6 Å². The van der Waals surface area contributed by atoms with Gasteiger partial charge in [-0.2, -0.15) is 0 Å². The quantitative estimate of drug-likeness (QED) is 0.579. The van der Waals surface area contributed by atoms with E-state index in [2.05, 4.69) is 0 Å². The molecule has 82 valence electrons. The summed E-state index contributed by atoms with van der Waals surface area (Å²) in [5, 5.41) is 19.2. The van der Waals surface area contributed by atoms with E-state index in [0.717, 1.165) is 0 Å². The monoisotopic (exact) mass is 212 g/mol. The number of hydrogen-bond donors (Lipinski definition) is 1. The average molecular weight is 212 g/mol. The fourth-order valence-electron chi connectivity index (χ4n) is 1.36. The van der Waals surface area contributed by atoms with Crippen molar-refractivity contribution in [1.29, 1.82) is 0 Å². The lowest BCUT2D eigenvalue weighted by molar-refractivity contribution is -0.386. The first-order chi connectivity index (χ1) is 7.07. The highest BCUT2D eigenvalue weighted by Crippen LogP contribution is 2.14. The maximum atomic E-state index is 11.4. The van der Waals surface area contributed by atoms with E-state index >= 15 is 0 Å². The Bertz CT molecular complexity index is 425. The molecule has 0 spiro atoms. The zero-order valence-electron chi connectivity index (χ0n) is 8.34. The van der Waals surface area contributed by atoms with Gasteiger partial charge in [-0.25, -0.2) is 0 Å². The van der Waals surface area contributed by atoms with Crippen LogP contribution in [0.5, 0.6) is 0 Å². The Morgan fingerprint density at radius 3 is 2.73 bits per heavy atom. The number of nitrogens with zero attached hydrogens (tertiary/aromatic N) is 2. The highest BCUT2D eigenvalue weighted by Gasteiger charge is 2.14. The minimum atomic E-state index is -0.524. The van der Waals surface area contributed by atoms with Crippen LogP contribution in [-0.4, -0.2) is 21.2 Å². The van der Waals surface area contributed by atoms with Crippen molar-refractivity contribution >= 4 is 5.69 Å². The summed E-state index contributed by atoms with van der Waals surface area (Å²) in [6.07, 6.45) is 0.405. The first kappa shape index (κ1) is 11.4. The van der Waals surface area contributed by atoms with E-state index < -0.39 is 4.92 Å². The Kier molecular flexibility index (Phi) is 3.56. The predicted octanol–water partition coefficient (Wildman–Crippen LogP) is 0.447. The van der Waals surface area contributed by atoms with Gasteiger partial charge in [0.15, 0.2) is 0 Å². The van der Waals surface area contributed by atoms with Crippen LogP contribution in [0.1, 0.15) is 12.1 Å². The molecule has 0 saturated heterocycles. The molecule has 1 rings (SSSR count). The lowest BCUT2D eigenvalue weighted by Crippen LogP contribution is -2.22. The van der Waals surface area contributed by atoms with Crippen LogP contribution >= 0.6 is 0 Å². The molecule has 0 aliphatic heterocycles. The molecular weight excluding hydrogens is 200 g/mol. The molecule has 0 aliphatic rings. The average Bonchev–Trinajstić information content (AvgIpc) is 2.17. The summed E-state index contributed by atoms with van der Waals surface area (Å²) >= 11 is 0. The van der Waals surface area contributed by atoms with Crippen LogP contribution in [0.4, 0.5) is 5.69 Å². The van der Waals surface area contributed by atoms with E-state index in [-0.39, 0.29) is 17.9 Å². The molecule has 0 saturated carbocycles. The van der Waals surface area contributed by atoms with E-state index in [0.29, 0.717) is 18.7 Å². The van der Waals surface area contributed by atoms with E-state index in [1.54, 1.807) is 0 Å². The van der Waals surface area contributed by atoms with Crippen molar-refractivity contribution in [2.75, 3.05) is 6.61 Å². The van der Waals surface area contributed by atoms with Crippen molar-refractivity contribution in [3.8, 4) is 0 Å². The number of hydrogen-bond acceptors (Lipinski definition) is 4. The molecule has 6 nitrogen and oxygen atoms in total. The van der Waals surface area contributed by atoms with Crippen molar-refractivity contribution in [2.24, 2.45) is 0 Å². The third kappa shape index (κ3) is 2.41. The van der Waals surface area contributed by atoms with Crippen molar-refractivity contribution < 1.29 is 10.0 Å². The van der Waals surface area contributed by atoms with Gasteiger partial charge in [0.1, 0.15) is 0 Å². The summed E-state index contributed by atoms with van der Waals surface area (Å²) in [5.74, 6) is 0. The molecule has 1 heterocycles. The van der Waals surface area contributed by atoms with Gasteiger partial charge in [0.2, 0.25) is 0 Å². The molecule has 0 aliphatic carbocycles. The molecule has 0 amide bonds. The maximum Gasteiger partial charge on any atom is 0.288 e. The van der Waals surface area contributed by atoms with Crippen LogP contribution in [0.25, 0.3) is 0 Å². The van der Waals surface area contributed by atoms with E-state index in [4.69, 9.17) is 5.11 Å². The molecule has 0 bridgehead atoms. The summed E-state index contributed by atoms with van der Waals surface area (Å²) in [6, 6.07) is 2.37. The topological polar surface area (TPSA) is 85.4 Å². The van der Waals surface area contributed by atoms with Gasteiger partial charge in [0.05, 0.1) is 10.6 Å². The number of aliphatic hydroxyl groups is 1. The molecule has 1 aromatic rings. The zero-order valence-corrected chi connectivity index (χ0v) is 8.34. The predicted molar refractivity (Wildman–Crippen MR) is 53.8 cm³/mol. The van der Waals surface area contributed by atoms with Gasteiger partial charge in [0.25, 0.3) is 11.2 Å². The SMILES string of the molecule is Cc1c([N+](=O)[O-])ccc(=O)n1CCCO. The minimum absolute atomic E-state index is 0.0471. The highest BCUT2D eigenvalue weighted by atomic mass is 16.6. The molecule has 6 heteroatoms. The van der Waals surface area contributed by atoms with Crippen molar-refractivity contribution in [3.05, 3.63) is 38.3 Å². The second-order valence-electron chi connectivity index (χ2n) is 3.13. The fourth-order valence-corrected chi connectivity index (χ4v) is 1.36. The summed E-state index contributed by atoms with van der Waals surface area (Å²) in [6.45, 7) is 1.77. The number of aliphatic hydroxyl groups excluding tert-OH is 1. The minimum Gasteiger partial charge on any atom is -0.396 e.